The van der Waals surface area contributed by atoms with Crippen LogP contribution in [0.1, 0.15) is 18.5 Å². The van der Waals surface area contributed by atoms with Crippen LogP contribution in [0.4, 0.5) is 5.69 Å². The number of nitrogens with one attached hydrogen (secondary N) is 1. The lowest BCUT2D eigenvalue weighted by molar-refractivity contribution is 0.562. The van der Waals surface area contributed by atoms with Crippen molar-refractivity contribution in [3.63, 3.8) is 0 Å². The fourth-order valence-corrected chi connectivity index (χ4v) is 1.51. The van der Waals surface area contributed by atoms with E-state index < -0.39 is 0 Å². The average molecular weight is 223 g/mol. The largest absolute Gasteiger partial charge is 0.472 e. The Balaban J connectivity index is 2.13. The zero-order valence-electron chi connectivity index (χ0n) is 8.27. The number of furan rings is 1. The Kier molecular flexibility index (Phi) is 2.92. The molecule has 3 nitrogen and oxygen atoms in total. The molecule has 0 spiro atoms. The van der Waals surface area contributed by atoms with Crippen LogP contribution in [0.25, 0.3) is 0 Å². The zero-order valence-corrected chi connectivity index (χ0v) is 9.03. The lowest BCUT2D eigenvalue weighted by Gasteiger charge is -2.13. The number of hydrogen-bond acceptors (Lipinski definition) is 3. The molecule has 2 aromatic rings. The van der Waals surface area contributed by atoms with Gasteiger partial charge in [0.15, 0.2) is 5.15 Å². The minimum Gasteiger partial charge on any atom is -0.472 e. The van der Waals surface area contributed by atoms with Crippen LogP contribution in [0, 0.1) is 0 Å². The molecule has 0 saturated carbocycles. The van der Waals surface area contributed by atoms with Gasteiger partial charge in [-0.1, -0.05) is 11.6 Å². The molecule has 0 amide bonds. The van der Waals surface area contributed by atoms with Crippen LogP contribution in [-0.2, 0) is 0 Å². The summed E-state index contributed by atoms with van der Waals surface area (Å²) in [7, 11) is 0. The lowest BCUT2D eigenvalue weighted by Crippen LogP contribution is -2.06. The molecule has 0 radical (unpaired) electrons. The van der Waals surface area contributed by atoms with Gasteiger partial charge in [0.1, 0.15) is 0 Å². The van der Waals surface area contributed by atoms with E-state index in [0.29, 0.717) is 5.15 Å². The van der Waals surface area contributed by atoms with Crippen LogP contribution in [0.2, 0.25) is 5.15 Å². The molecule has 2 heterocycles. The molecule has 2 rings (SSSR count). The third-order valence-electron chi connectivity index (χ3n) is 2.17. The Morgan fingerprint density at radius 3 is 3.00 bits per heavy atom. The number of nitrogens with zero attached hydrogens (tertiary/aromatic N) is 1. The minimum atomic E-state index is 0.144. The number of aromatic nitrogens is 1. The molecule has 15 heavy (non-hydrogen) atoms. The highest BCUT2D eigenvalue weighted by Gasteiger charge is 2.08. The molecule has 0 saturated heterocycles. The van der Waals surface area contributed by atoms with E-state index >= 15 is 0 Å². The second kappa shape index (κ2) is 4.36. The smallest absolute Gasteiger partial charge is 0.152 e. The van der Waals surface area contributed by atoms with Crippen LogP contribution >= 0.6 is 11.6 Å². The molecule has 0 aliphatic carbocycles. The number of rotatable bonds is 3. The maximum Gasteiger partial charge on any atom is 0.152 e. The van der Waals surface area contributed by atoms with Gasteiger partial charge < -0.3 is 9.73 Å². The summed E-state index contributed by atoms with van der Waals surface area (Å²) in [6.45, 7) is 2.04. The van der Waals surface area contributed by atoms with Gasteiger partial charge in [0.2, 0.25) is 0 Å². The highest BCUT2D eigenvalue weighted by Crippen LogP contribution is 2.23. The Labute approximate surface area is 93.1 Å². The Morgan fingerprint density at radius 2 is 2.33 bits per heavy atom. The lowest BCUT2D eigenvalue weighted by atomic mass is 10.2. The summed E-state index contributed by atoms with van der Waals surface area (Å²) in [4.78, 5) is 3.99. The highest BCUT2D eigenvalue weighted by molar-refractivity contribution is 6.31. The van der Waals surface area contributed by atoms with Crippen molar-refractivity contribution < 1.29 is 4.42 Å². The summed E-state index contributed by atoms with van der Waals surface area (Å²) in [5.41, 5.74) is 1.91. The topological polar surface area (TPSA) is 38.1 Å². The van der Waals surface area contributed by atoms with Gasteiger partial charge in [-0.15, -0.1) is 0 Å². The van der Waals surface area contributed by atoms with Crippen molar-refractivity contribution in [2.75, 3.05) is 5.32 Å². The third kappa shape index (κ3) is 2.30. The molecule has 0 aliphatic rings. The first kappa shape index (κ1) is 10.1. The Morgan fingerprint density at radius 1 is 1.47 bits per heavy atom. The molecule has 78 valence electrons. The zero-order chi connectivity index (χ0) is 10.7. The molecule has 1 N–H and O–H groups in total. The average Bonchev–Trinajstić information content (AvgIpc) is 2.74. The molecule has 0 aromatic carbocycles. The Hall–Kier alpha value is -1.48. The van der Waals surface area contributed by atoms with Crippen molar-refractivity contribution in [3.05, 3.63) is 47.6 Å². The van der Waals surface area contributed by atoms with Crippen molar-refractivity contribution >= 4 is 17.3 Å². The molecule has 0 bridgehead atoms. The minimum absolute atomic E-state index is 0.144. The summed E-state index contributed by atoms with van der Waals surface area (Å²) in [6, 6.07) is 5.80. The van der Waals surface area contributed by atoms with Crippen molar-refractivity contribution in [1.29, 1.82) is 0 Å². The molecule has 1 atom stereocenters. The van der Waals surface area contributed by atoms with Crippen molar-refractivity contribution in [2.24, 2.45) is 0 Å². The van der Waals surface area contributed by atoms with Gasteiger partial charge >= 0.3 is 0 Å². The van der Waals surface area contributed by atoms with Crippen molar-refractivity contribution in [1.82, 2.24) is 4.98 Å². The van der Waals surface area contributed by atoms with E-state index in [0.717, 1.165) is 11.3 Å². The van der Waals surface area contributed by atoms with E-state index in [2.05, 4.69) is 10.3 Å². The number of halogens is 1. The molecule has 4 heteroatoms. The fourth-order valence-electron chi connectivity index (χ4n) is 1.33. The van der Waals surface area contributed by atoms with Crippen LogP contribution in [-0.4, -0.2) is 4.98 Å². The van der Waals surface area contributed by atoms with E-state index in [-0.39, 0.29) is 6.04 Å². The first-order valence-corrected chi connectivity index (χ1v) is 5.04. The van der Waals surface area contributed by atoms with Gasteiger partial charge in [-0.3, -0.25) is 0 Å². The third-order valence-corrected chi connectivity index (χ3v) is 2.48. The quantitative estimate of drug-likeness (QED) is 0.808. The summed E-state index contributed by atoms with van der Waals surface area (Å²) in [5, 5.41) is 3.74. The van der Waals surface area contributed by atoms with Gasteiger partial charge in [-0.05, 0) is 25.1 Å². The number of pyridine rings is 1. The standard InChI is InChI=1S/C11H11ClN2O/c1-8(9-4-6-15-7-9)14-10-3-2-5-13-11(10)12/h2-8,14H,1H3. The van der Waals surface area contributed by atoms with Crippen molar-refractivity contribution in [3.8, 4) is 0 Å². The fraction of sp³-hybridized carbons (Fsp3) is 0.182. The first-order valence-electron chi connectivity index (χ1n) is 4.66. The summed E-state index contributed by atoms with van der Waals surface area (Å²) in [6.07, 6.45) is 5.02. The van der Waals surface area contributed by atoms with Crippen LogP contribution in [0.3, 0.4) is 0 Å². The van der Waals surface area contributed by atoms with Crippen LogP contribution < -0.4 is 5.32 Å². The van der Waals surface area contributed by atoms with Gasteiger partial charge in [0, 0.05) is 11.8 Å². The molecule has 2 aromatic heterocycles. The molecule has 0 fully saturated rings. The normalized spacial score (nSPS) is 12.4. The molecule has 0 aliphatic heterocycles. The van der Waals surface area contributed by atoms with Crippen LogP contribution in [0.5, 0.6) is 0 Å². The molecule has 1 unspecified atom stereocenters. The monoisotopic (exact) mass is 222 g/mol. The van der Waals surface area contributed by atoms with Gasteiger partial charge in [0.25, 0.3) is 0 Å². The molecular formula is C11H11ClN2O. The Bertz CT molecular complexity index is 428. The van der Waals surface area contributed by atoms with Crippen molar-refractivity contribution in [2.45, 2.75) is 13.0 Å². The summed E-state index contributed by atoms with van der Waals surface area (Å²) in [5.74, 6) is 0. The van der Waals surface area contributed by atoms with E-state index in [4.69, 9.17) is 16.0 Å². The first-order chi connectivity index (χ1) is 7.27. The summed E-state index contributed by atoms with van der Waals surface area (Å²) >= 11 is 5.93. The second-order valence-electron chi connectivity index (χ2n) is 3.26. The molecular weight excluding hydrogens is 212 g/mol. The van der Waals surface area contributed by atoms with Gasteiger partial charge in [0.05, 0.1) is 24.3 Å². The van der Waals surface area contributed by atoms with Gasteiger partial charge in [-0.2, -0.15) is 0 Å². The predicted octanol–water partition coefficient (Wildman–Crippen LogP) is 3.50. The predicted molar refractivity (Wildman–Crippen MR) is 60.0 cm³/mol. The van der Waals surface area contributed by atoms with E-state index in [1.807, 2.05) is 25.1 Å². The maximum absolute atomic E-state index is 5.93. The van der Waals surface area contributed by atoms with E-state index in [1.54, 1.807) is 18.7 Å². The SMILES string of the molecule is CC(Nc1cccnc1Cl)c1ccoc1. The number of anilines is 1. The second-order valence-corrected chi connectivity index (χ2v) is 3.62. The number of hydrogen-bond donors (Lipinski definition) is 1. The van der Waals surface area contributed by atoms with E-state index in [9.17, 15) is 0 Å². The van der Waals surface area contributed by atoms with E-state index in [1.165, 1.54) is 0 Å². The van der Waals surface area contributed by atoms with Gasteiger partial charge in [-0.25, -0.2) is 4.98 Å². The maximum atomic E-state index is 5.93. The summed E-state index contributed by atoms with van der Waals surface area (Å²) < 4.78 is 5.01. The highest BCUT2D eigenvalue weighted by atomic mass is 35.5. The van der Waals surface area contributed by atoms with Crippen LogP contribution in [0.15, 0.2) is 41.3 Å².